The van der Waals surface area contributed by atoms with E-state index in [1.54, 1.807) is 6.92 Å². The highest BCUT2D eigenvalue weighted by atomic mass is 19.4. The van der Waals surface area contributed by atoms with Crippen LogP contribution in [0.2, 0.25) is 0 Å². The summed E-state index contributed by atoms with van der Waals surface area (Å²) in [6, 6.07) is 2.31. The molecule has 1 unspecified atom stereocenters. The van der Waals surface area contributed by atoms with Crippen molar-refractivity contribution in [1.82, 2.24) is 5.43 Å². The molecular weight excluding hydrogens is 248 g/mol. The number of hydrazine groups is 1. The molecule has 1 atom stereocenters. The first kappa shape index (κ1) is 14.5. The largest absolute Gasteiger partial charge is 0.419 e. The second kappa shape index (κ2) is 5.85. The standard InChI is InChI=1S/C12H12F4N2/c1-2-3-7-10(18-17)8-5-4-6-9(11(8)13)12(14,15)16/h4-6,10,18H,7,17H2,1H3. The third-order valence-electron chi connectivity index (χ3n) is 2.39. The fourth-order valence-electron chi connectivity index (χ4n) is 1.50. The van der Waals surface area contributed by atoms with Crippen molar-refractivity contribution in [3.63, 3.8) is 0 Å². The van der Waals surface area contributed by atoms with Gasteiger partial charge in [0.25, 0.3) is 0 Å². The number of alkyl halides is 3. The summed E-state index contributed by atoms with van der Waals surface area (Å²) >= 11 is 0. The van der Waals surface area contributed by atoms with Crippen LogP contribution in [0.4, 0.5) is 17.6 Å². The minimum atomic E-state index is -4.73. The first-order valence-electron chi connectivity index (χ1n) is 5.13. The Hall–Kier alpha value is -1.58. The number of benzene rings is 1. The van der Waals surface area contributed by atoms with Crippen LogP contribution >= 0.6 is 0 Å². The molecule has 1 rings (SSSR count). The van der Waals surface area contributed by atoms with Crippen molar-refractivity contribution in [2.24, 2.45) is 5.84 Å². The van der Waals surface area contributed by atoms with E-state index in [1.165, 1.54) is 6.07 Å². The molecule has 6 heteroatoms. The van der Waals surface area contributed by atoms with Crippen molar-refractivity contribution >= 4 is 0 Å². The van der Waals surface area contributed by atoms with Crippen molar-refractivity contribution in [2.75, 3.05) is 0 Å². The van der Waals surface area contributed by atoms with Crippen LogP contribution < -0.4 is 11.3 Å². The van der Waals surface area contributed by atoms with Crippen LogP contribution in [0.25, 0.3) is 0 Å². The Morgan fingerprint density at radius 2 is 2.06 bits per heavy atom. The quantitative estimate of drug-likeness (QED) is 0.379. The monoisotopic (exact) mass is 260 g/mol. The third-order valence-corrected chi connectivity index (χ3v) is 2.39. The summed E-state index contributed by atoms with van der Waals surface area (Å²) in [5.74, 6) is 9.11. The topological polar surface area (TPSA) is 38.0 Å². The molecule has 0 radical (unpaired) electrons. The Bertz CT molecular complexity index is 471. The molecule has 18 heavy (non-hydrogen) atoms. The zero-order valence-electron chi connectivity index (χ0n) is 9.61. The number of nitrogens with two attached hydrogens (primary N) is 1. The average molecular weight is 260 g/mol. The highest BCUT2D eigenvalue weighted by Gasteiger charge is 2.35. The van der Waals surface area contributed by atoms with Gasteiger partial charge in [0.05, 0.1) is 11.6 Å². The zero-order chi connectivity index (χ0) is 13.8. The first-order valence-corrected chi connectivity index (χ1v) is 5.13. The van der Waals surface area contributed by atoms with E-state index in [9.17, 15) is 17.6 Å². The predicted molar refractivity (Wildman–Crippen MR) is 59.5 cm³/mol. The smallest absolute Gasteiger partial charge is 0.271 e. The molecule has 1 aromatic carbocycles. The summed E-state index contributed by atoms with van der Waals surface area (Å²) in [5.41, 5.74) is 0.818. The van der Waals surface area contributed by atoms with Gasteiger partial charge in [0.2, 0.25) is 0 Å². The lowest BCUT2D eigenvalue weighted by molar-refractivity contribution is -0.140. The fraction of sp³-hybridized carbons (Fsp3) is 0.333. The molecule has 0 aliphatic heterocycles. The van der Waals surface area contributed by atoms with Crippen molar-refractivity contribution in [1.29, 1.82) is 0 Å². The van der Waals surface area contributed by atoms with E-state index in [-0.39, 0.29) is 12.0 Å². The molecule has 98 valence electrons. The van der Waals surface area contributed by atoms with E-state index in [0.29, 0.717) is 6.07 Å². The van der Waals surface area contributed by atoms with Crippen molar-refractivity contribution < 1.29 is 17.6 Å². The van der Waals surface area contributed by atoms with Crippen molar-refractivity contribution in [2.45, 2.75) is 25.6 Å². The van der Waals surface area contributed by atoms with Gasteiger partial charge in [-0.25, -0.2) is 4.39 Å². The number of hydrogen-bond acceptors (Lipinski definition) is 2. The Morgan fingerprint density at radius 1 is 1.39 bits per heavy atom. The van der Waals surface area contributed by atoms with E-state index in [2.05, 4.69) is 17.3 Å². The molecule has 3 N–H and O–H groups in total. The maximum atomic E-state index is 13.8. The first-order chi connectivity index (χ1) is 8.41. The van der Waals surface area contributed by atoms with Crippen LogP contribution in [0, 0.1) is 17.7 Å². The normalized spacial score (nSPS) is 12.8. The minimum Gasteiger partial charge on any atom is -0.271 e. The van der Waals surface area contributed by atoms with Crippen molar-refractivity contribution in [3.8, 4) is 11.8 Å². The molecule has 0 amide bonds. The number of hydrogen-bond donors (Lipinski definition) is 2. The Balaban J connectivity index is 3.19. The van der Waals surface area contributed by atoms with E-state index in [4.69, 9.17) is 5.84 Å². The molecule has 0 heterocycles. The Morgan fingerprint density at radius 3 is 2.56 bits per heavy atom. The average Bonchev–Trinajstić information content (AvgIpc) is 2.30. The number of rotatable bonds is 3. The Labute approximate surface area is 102 Å². The predicted octanol–water partition coefficient (Wildman–Crippen LogP) is 2.76. The van der Waals surface area contributed by atoms with Crippen molar-refractivity contribution in [3.05, 3.63) is 35.1 Å². The molecule has 0 aliphatic rings. The molecule has 1 aromatic rings. The minimum absolute atomic E-state index is 0.130. The zero-order valence-corrected chi connectivity index (χ0v) is 9.61. The van der Waals surface area contributed by atoms with Crippen LogP contribution in [0.15, 0.2) is 18.2 Å². The SMILES string of the molecule is CC#CCC(NN)c1cccc(C(F)(F)F)c1F. The van der Waals surface area contributed by atoms with E-state index in [0.717, 1.165) is 6.07 Å². The van der Waals surface area contributed by atoms with Crippen LogP contribution in [0.3, 0.4) is 0 Å². The summed E-state index contributed by atoms with van der Waals surface area (Å²) in [5, 5.41) is 0. The molecule has 2 nitrogen and oxygen atoms in total. The van der Waals surface area contributed by atoms with E-state index >= 15 is 0 Å². The molecular formula is C12H12F4N2. The molecule has 0 saturated heterocycles. The van der Waals surface area contributed by atoms with E-state index in [1.807, 2.05) is 0 Å². The highest BCUT2D eigenvalue weighted by molar-refractivity contribution is 5.31. The van der Waals surface area contributed by atoms with Gasteiger partial charge in [0.1, 0.15) is 5.82 Å². The summed E-state index contributed by atoms with van der Waals surface area (Å²) < 4.78 is 51.4. The molecule has 0 aromatic heterocycles. The molecule has 0 spiro atoms. The fourth-order valence-corrected chi connectivity index (χ4v) is 1.50. The van der Waals surface area contributed by atoms with Gasteiger partial charge in [-0.05, 0) is 13.0 Å². The maximum absolute atomic E-state index is 13.8. The molecule has 0 bridgehead atoms. The second-order valence-electron chi connectivity index (χ2n) is 3.56. The van der Waals surface area contributed by atoms with Gasteiger partial charge in [-0.15, -0.1) is 11.8 Å². The van der Waals surface area contributed by atoms with Gasteiger partial charge < -0.3 is 0 Å². The second-order valence-corrected chi connectivity index (χ2v) is 3.56. The lowest BCUT2D eigenvalue weighted by Gasteiger charge is -2.17. The van der Waals surface area contributed by atoms with Crippen LogP contribution in [0.1, 0.15) is 30.5 Å². The van der Waals surface area contributed by atoms with Crippen LogP contribution in [0.5, 0.6) is 0 Å². The van der Waals surface area contributed by atoms with Gasteiger partial charge in [-0.1, -0.05) is 12.1 Å². The summed E-state index contributed by atoms with van der Waals surface area (Å²) in [6.07, 6.45) is -4.60. The third kappa shape index (κ3) is 3.22. The van der Waals surface area contributed by atoms with Gasteiger partial charge in [0, 0.05) is 12.0 Å². The van der Waals surface area contributed by atoms with Gasteiger partial charge >= 0.3 is 6.18 Å². The lowest BCUT2D eigenvalue weighted by Crippen LogP contribution is -2.29. The van der Waals surface area contributed by atoms with Gasteiger partial charge in [0.15, 0.2) is 0 Å². The summed E-state index contributed by atoms with van der Waals surface area (Å²) in [4.78, 5) is 0. The van der Waals surface area contributed by atoms with E-state index < -0.39 is 23.6 Å². The highest BCUT2D eigenvalue weighted by Crippen LogP contribution is 2.34. The molecule has 0 saturated carbocycles. The summed E-state index contributed by atoms with van der Waals surface area (Å²) in [6.45, 7) is 1.58. The molecule has 0 fully saturated rings. The van der Waals surface area contributed by atoms with Crippen LogP contribution in [-0.4, -0.2) is 0 Å². The molecule has 0 aliphatic carbocycles. The summed E-state index contributed by atoms with van der Waals surface area (Å²) in [7, 11) is 0. The number of halogens is 4. The van der Waals surface area contributed by atoms with Gasteiger partial charge in [-0.3, -0.25) is 11.3 Å². The van der Waals surface area contributed by atoms with Gasteiger partial charge in [-0.2, -0.15) is 13.2 Å². The maximum Gasteiger partial charge on any atom is 0.419 e. The number of nitrogens with one attached hydrogen (secondary N) is 1. The Kier molecular flexibility index (Phi) is 4.70. The van der Waals surface area contributed by atoms with Crippen LogP contribution in [-0.2, 0) is 6.18 Å². The lowest BCUT2D eigenvalue weighted by atomic mass is 10.0.